The number of nitrogens with one attached hydrogen (secondary N) is 2. The van der Waals surface area contributed by atoms with Crippen LogP contribution >= 0.6 is 0 Å². The molecule has 0 saturated heterocycles. The number of aliphatic hydroxyl groups is 2. The summed E-state index contributed by atoms with van der Waals surface area (Å²) < 4.78 is 0. The summed E-state index contributed by atoms with van der Waals surface area (Å²) in [6, 6.07) is 0. The lowest BCUT2D eigenvalue weighted by molar-refractivity contribution is -0.145. The molecule has 0 aromatic heterocycles. The minimum atomic E-state index is -1.80. The maximum Gasteiger partial charge on any atom is 0.253 e. The number of hydrogen-bond acceptors (Lipinski definition) is 5. The van der Waals surface area contributed by atoms with Gasteiger partial charge >= 0.3 is 0 Å². The van der Waals surface area contributed by atoms with Crippen molar-refractivity contribution in [2.45, 2.75) is 19.1 Å². The second-order valence-corrected chi connectivity index (χ2v) is 2.53. The standard InChI is InChI=1S/C7H15N3O4/c1-2-9-6(13)4(11)5(12)7(14)10-3-8/h4-5,11-12H,2-3,8H2,1H3,(H,9,13)(H,10,14). The lowest BCUT2D eigenvalue weighted by Gasteiger charge is -2.15. The fourth-order valence-corrected chi connectivity index (χ4v) is 0.771. The molecule has 0 aliphatic rings. The Balaban J connectivity index is 4.16. The van der Waals surface area contributed by atoms with E-state index in [1.54, 1.807) is 6.92 Å². The maximum absolute atomic E-state index is 11.0. The quantitative estimate of drug-likeness (QED) is 0.304. The van der Waals surface area contributed by atoms with Gasteiger partial charge in [0.25, 0.3) is 11.8 Å². The van der Waals surface area contributed by atoms with Gasteiger partial charge in [0.05, 0.1) is 6.67 Å². The van der Waals surface area contributed by atoms with Crippen molar-refractivity contribution in [1.82, 2.24) is 10.6 Å². The van der Waals surface area contributed by atoms with Crippen molar-refractivity contribution >= 4 is 11.8 Å². The number of amides is 2. The van der Waals surface area contributed by atoms with Gasteiger partial charge in [-0.05, 0) is 6.92 Å². The third kappa shape index (κ3) is 3.69. The molecule has 0 saturated carbocycles. The third-order valence-electron chi connectivity index (χ3n) is 1.46. The average Bonchev–Trinajstić information content (AvgIpc) is 2.16. The van der Waals surface area contributed by atoms with E-state index in [1.165, 1.54) is 0 Å². The van der Waals surface area contributed by atoms with Gasteiger partial charge in [-0.15, -0.1) is 0 Å². The Morgan fingerprint density at radius 1 is 1.21 bits per heavy atom. The highest BCUT2D eigenvalue weighted by molar-refractivity contribution is 5.90. The van der Waals surface area contributed by atoms with Gasteiger partial charge in [0.1, 0.15) is 0 Å². The van der Waals surface area contributed by atoms with Crippen LogP contribution in [0.2, 0.25) is 0 Å². The Kier molecular flexibility index (Phi) is 5.77. The number of hydrogen-bond donors (Lipinski definition) is 5. The van der Waals surface area contributed by atoms with Crippen LogP contribution in [0.3, 0.4) is 0 Å². The molecule has 0 spiro atoms. The Hall–Kier alpha value is -1.18. The summed E-state index contributed by atoms with van der Waals surface area (Å²) in [5.41, 5.74) is 4.98. The van der Waals surface area contributed by atoms with Crippen molar-refractivity contribution in [2.24, 2.45) is 5.73 Å². The summed E-state index contributed by atoms with van der Waals surface area (Å²) in [7, 11) is 0. The highest BCUT2D eigenvalue weighted by Crippen LogP contribution is 1.93. The van der Waals surface area contributed by atoms with Crippen molar-refractivity contribution in [3.8, 4) is 0 Å². The highest BCUT2D eigenvalue weighted by atomic mass is 16.3. The molecule has 14 heavy (non-hydrogen) atoms. The Labute approximate surface area is 81.3 Å². The first kappa shape index (κ1) is 12.8. The van der Waals surface area contributed by atoms with Gasteiger partial charge in [-0.25, -0.2) is 0 Å². The molecule has 2 atom stereocenters. The molecule has 6 N–H and O–H groups in total. The highest BCUT2D eigenvalue weighted by Gasteiger charge is 2.29. The number of nitrogens with two attached hydrogens (primary N) is 1. The minimum absolute atomic E-state index is 0.169. The molecule has 0 bridgehead atoms. The Morgan fingerprint density at radius 2 is 1.64 bits per heavy atom. The summed E-state index contributed by atoms with van der Waals surface area (Å²) in [5.74, 6) is -1.68. The van der Waals surface area contributed by atoms with E-state index in [-0.39, 0.29) is 6.67 Å². The largest absolute Gasteiger partial charge is 0.380 e. The van der Waals surface area contributed by atoms with E-state index >= 15 is 0 Å². The summed E-state index contributed by atoms with van der Waals surface area (Å²) in [5, 5.41) is 22.6. The van der Waals surface area contributed by atoms with E-state index in [1.807, 2.05) is 0 Å². The van der Waals surface area contributed by atoms with Crippen LogP contribution < -0.4 is 16.4 Å². The molecule has 0 aromatic carbocycles. The van der Waals surface area contributed by atoms with E-state index < -0.39 is 24.0 Å². The molecule has 7 nitrogen and oxygen atoms in total. The molecule has 82 valence electrons. The van der Waals surface area contributed by atoms with Crippen molar-refractivity contribution in [2.75, 3.05) is 13.2 Å². The topological polar surface area (TPSA) is 125 Å². The van der Waals surface area contributed by atoms with Crippen LogP contribution in [0.1, 0.15) is 6.92 Å². The molecule has 2 unspecified atom stereocenters. The van der Waals surface area contributed by atoms with Crippen LogP contribution in [0.15, 0.2) is 0 Å². The van der Waals surface area contributed by atoms with Crippen LogP contribution in [0, 0.1) is 0 Å². The number of rotatable bonds is 5. The molecule has 0 aliphatic heterocycles. The minimum Gasteiger partial charge on any atom is -0.380 e. The number of aliphatic hydroxyl groups excluding tert-OH is 2. The molecule has 7 heteroatoms. The second-order valence-electron chi connectivity index (χ2n) is 2.53. The Bertz CT molecular complexity index is 187. The van der Waals surface area contributed by atoms with Gasteiger partial charge in [0, 0.05) is 6.54 Å². The number of carbonyl (C=O) groups is 2. The van der Waals surface area contributed by atoms with Gasteiger partial charge in [0.15, 0.2) is 12.2 Å². The van der Waals surface area contributed by atoms with Gasteiger partial charge in [-0.1, -0.05) is 0 Å². The third-order valence-corrected chi connectivity index (χ3v) is 1.46. The van der Waals surface area contributed by atoms with E-state index in [2.05, 4.69) is 10.6 Å². The first-order valence-corrected chi connectivity index (χ1v) is 4.16. The molecule has 0 radical (unpaired) electrons. The predicted octanol–water partition coefficient (Wildman–Crippen LogP) is -3.12. The van der Waals surface area contributed by atoms with Crippen LogP contribution in [0.25, 0.3) is 0 Å². The molecule has 0 aliphatic carbocycles. The number of carbonyl (C=O) groups excluding carboxylic acids is 2. The first-order valence-electron chi connectivity index (χ1n) is 4.16. The predicted molar refractivity (Wildman–Crippen MR) is 47.9 cm³/mol. The zero-order valence-corrected chi connectivity index (χ0v) is 7.86. The van der Waals surface area contributed by atoms with Crippen molar-refractivity contribution in [3.63, 3.8) is 0 Å². The lowest BCUT2D eigenvalue weighted by Crippen LogP contribution is -2.50. The van der Waals surface area contributed by atoms with Crippen molar-refractivity contribution in [1.29, 1.82) is 0 Å². The summed E-state index contributed by atoms with van der Waals surface area (Å²) >= 11 is 0. The molecule has 0 heterocycles. The molecule has 0 aromatic rings. The molecular weight excluding hydrogens is 190 g/mol. The second kappa shape index (κ2) is 6.30. The summed E-state index contributed by atoms with van der Waals surface area (Å²) in [4.78, 5) is 21.9. The molecular formula is C7H15N3O4. The lowest BCUT2D eigenvalue weighted by atomic mass is 10.2. The van der Waals surface area contributed by atoms with E-state index in [0.717, 1.165) is 0 Å². The molecule has 0 rings (SSSR count). The maximum atomic E-state index is 11.0. The van der Waals surface area contributed by atoms with Gasteiger partial charge < -0.3 is 26.6 Å². The average molecular weight is 205 g/mol. The van der Waals surface area contributed by atoms with Gasteiger partial charge in [-0.3, -0.25) is 9.59 Å². The van der Waals surface area contributed by atoms with Crippen LogP contribution in [0.4, 0.5) is 0 Å². The zero-order chi connectivity index (χ0) is 11.1. The summed E-state index contributed by atoms with van der Waals surface area (Å²) in [6.45, 7) is 1.79. The number of likely N-dealkylation sites (N-methyl/N-ethyl adjacent to an activating group) is 1. The SMILES string of the molecule is CCNC(=O)C(O)C(O)C(=O)NCN. The van der Waals surface area contributed by atoms with Crippen LogP contribution in [-0.4, -0.2) is 47.4 Å². The molecule has 2 amide bonds. The fraction of sp³-hybridized carbons (Fsp3) is 0.714. The fourth-order valence-electron chi connectivity index (χ4n) is 0.771. The van der Waals surface area contributed by atoms with Crippen molar-refractivity contribution in [3.05, 3.63) is 0 Å². The van der Waals surface area contributed by atoms with E-state index in [9.17, 15) is 9.59 Å². The van der Waals surface area contributed by atoms with Crippen molar-refractivity contribution < 1.29 is 19.8 Å². The summed E-state index contributed by atoms with van der Waals surface area (Å²) in [6.07, 6.45) is -3.58. The van der Waals surface area contributed by atoms with Gasteiger partial charge in [-0.2, -0.15) is 0 Å². The Morgan fingerprint density at radius 3 is 2.00 bits per heavy atom. The monoisotopic (exact) mass is 205 g/mol. The van der Waals surface area contributed by atoms with E-state index in [0.29, 0.717) is 6.54 Å². The smallest absolute Gasteiger partial charge is 0.253 e. The van der Waals surface area contributed by atoms with Crippen LogP contribution in [-0.2, 0) is 9.59 Å². The van der Waals surface area contributed by atoms with E-state index in [4.69, 9.17) is 15.9 Å². The van der Waals surface area contributed by atoms with Gasteiger partial charge in [0.2, 0.25) is 0 Å². The molecule has 0 fully saturated rings. The normalized spacial score (nSPS) is 14.3. The zero-order valence-electron chi connectivity index (χ0n) is 7.86. The van der Waals surface area contributed by atoms with Crippen LogP contribution in [0.5, 0.6) is 0 Å². The first-order chi connectivity index (χ1) is 6.54.